The summed E-state index contributed by atoms with van der Waals surface area (Å²) >= 11 is 1.58. The molecule has 0 aromatic carbocycles. The van der Waals surface area contributed by atoms with Crippen LogP contribution >= 0.6 is 11.3 Å². The van der Waals surface area contributed by atoms with Crippen molar-refractivity contribution < 1.29 is 9.90 Å². The zero-order chi connectivity index (χ0) is 16.2. The topological polar surface area (TPSA) is 76.4 Å². The van der Waals surface area contributed by atoms with Gasteiger partial charge in [-0.3, -0.25) is 4.79 Å². The van der Waals surface area contributed by atoms with Gasteiger partial charge in [-0.25, -0.2) is 0 Å². The van der Waals surface area contributed by atoms with Crippen molar-refractivity contribution in [3.63, 3.8) is 0 Å². The maximum atomic E-state index is 12.2. The maximum absolute atomic E-state index is 12.2. The number of hydrogen-bond donors (Lipinski definition) is 2. The molecule has 1 aliphatic heterocycles. The van der Waals surface area contributed by atoms with Crippen LogP contribution in [-0.2, 0) is 17.6 Å². The van der Waals surface area contributed by atoms with Crippen LogP contribution in [0, 0.1) is 11.3 Å². The van der Waals surface area contributed by atoms with Crippen molar-refractivity contribution in [3.8, 4) is 6.07 Å². The maximum Gasteiger partial charge on any atom is 0.226 e. The van der Waals surface area contributed by atoms with Gasteiger partial charge in [-0.1, -0.05) is 6.42 Å². The summed E-state index contributed by atoms with van der Waals surface area (Å²) in [5, 5.41) is 22.6. The molecular weight excluding hydrogens is 310 g/mol. The number of nitrogens with zero attached hydrogens (tertiary/aromatic N) is 2. The fourth-order valence-corrected chi connectivity index (χ4v) is 4.67. The molecule has 2 N–H and O–H groups in total. The van der Waals surface area contributed by atoms with Crippen LogP contribution in [0.4, 0.5) is 5.00 Å². The van der Waals surface area contributed by atoms with Crippen molar-refractivity contribution in [2.45, 2.75) is 51.0 Å². The van der Waals surface area contributed by atoms with Crippen molar-refractivity contribution in [1.29, 1.82) is 5.26 Å². The molecule has 124 valence electrons. The van der Waals surface area contributed by atoms with Crippen LogP contribution in [0.2, 0.25) is 0 Å². The molecule has 2 aliphatic rings. The Kier molecular flexibility index (Phi) is 5.31. The number of fused-ring (bicyclic) bond motifs is 1. The highest BCUT2D eigenvalue weighted by atomic mass is 32.1. The van der Waals surface area contributed by atoms with Crippen LogP contribution in [-0.4, -0.2) is 41.7 Å². The molecule has 23 heavy (non-hydrogen) atoms. The van der Waals surface area contributed by atoms with Crippen molar-refractivity contribution in [1.82, 2.24) is 4.90 Å². The lowest BCUT2D eigenvalue weighted by molar-refractivity contribution is -0.116. The Hall–Kier alpha value is -1.42. The summed E-state index contributed by atoms with van der Waals surface area (Å²) in [5.41, 5.74) is 1.84. The number of amides is 1. The number of β-amino-alcohol motifs (C(OH)–C–C–N with tert-alkyl or cyclic N) is 1. The van der Waals surface area contributed by atoms with Gasteiger partial charge in [-0.2, -0.15) is 5.26 Å². The Morgan fingerprint density at radius 3 is 2.96 bits per heavy atom. The van der Waals surface area contributed by atoms with Gasteiger partial charge in [0, 0.05) is 30.9 Å². The highest BCUT2D eigenvalue weighted by Crippen LogP contribution is 2.37. The van der Waals surface area contributed by atoms with Crippen LogP contribution in [0.5, 0.6) is 0 Å². The average Bonchev–Trinajstić information content (AvgIpc) is 3.01. The molecule has 0 radical (unpaired) electrons. The number of carbonyl (C=O) groups is 1. The summed E-state index contributed by atoms with van der Waals surface area (Å²) in [6.07, 6.45) is 6.43. The molecule has 1 fully saturated rings. The van der Waals surface area contributed by atoms with Crippen LogP contribution in [0.1, 0.15) is 48.1 Å². The summed E-state index contributed by atoms with van der Waals surface area (Å²) in [4.78, 5) is 15.6. The molecule has 1 atom stereocenters. The van der Waals surface area contributed by atoms with E-state index in [0.29, 0.717) is 25.1 Å². The molecule has 0 unspecified atom stereocenters. The summed E-state index contributed by atoms with van der Waals surface area (Å²) in [6, 6.07) is 2.29. The van der Waals surface area contributed by atoms with Crippen molar-refractivity contribution in [2.75, 3.05) is 25.0 Å². The van der Waals surface area contributed by atoms with Gasteiger partial charge in [0.1, 0.15) is 11.1 Å². The van der Waals surface area contributed by atoms with Gasteiger partial charge in [-0.05, 0) is 37.7 Å². The Bertz CT molecular complexity index is 620. The molecule has 1 aromatic rings. The minimum atomic E-state index is -0.254. The Morgan fingerprint density at radius 2 is 2.22 bits per heavy atom. The number of nitriles is 1. The predicted octanol–water partition coefficient (Wildman–Crippen LogP) is 2.28. The number of rotatable bonds is 4. The third kappa shape index (κ3) is 3.92. The van der Waals surface area contributed by atoms with E-state index in [4.69, 9.17) is 0 Å². The van der Waals surface area contributed by atoms with E-state index in [0.717, 1.165) is 42.8 Å². The second kappa shape index (κ2) is 7.43. The number of likely N-dealkylation sites (tertiary alicyclic amines) is 1. The van der Waals surface area contributed by atoms with Gasteiger partial charge < -0.3 is 15.3 Å². The first-order valence-electron chi connectivity index (χ1n) is 8.42. The van der Waals surface area contributed by atoms with E-state index in [2.05, 4.69) is 16.3 Å². The van der Waals surface area contributed by atoms with E-state index in [-0.39, 0.29) is 12.0 Å². The molecule has 1 aromatic heterocycles. The summed E-state index contributed by atoms with van der Waals surface area (Å²) in [6.45, 7) is 2.17. The quantitative estimate of drug-likeness (QED) is 0.829. The molecule has 6 heteroatoms. The zero-order valence-electron chi connectivity index (χ0n) is 13.3. The van der Waals surface area contributed by atoms with Crippen LogP contribution in [0.3, 0.4) is 0 Å². The van der Waals surface area contributed by atoms with Crippen LogP contribution in [0.15, 0.2) is 0 Å². The van der Waals surface area contributed by atoms with Crippen molar-refractivity contribution in [3.05, 3.63) is 16.0 Å². The van der Waals surface area contributed by atoms with E-state index >= 15 is 0 Å². The van der Waals surface area contributed by atoms with Gasteiger partial charge >= 0.3 is 0 Å². The number of hydrogen-bond acceptors (Lipinski definition) is 5. The van der Waals surface area contributed by atoms with Crippen LogP contribution < -0.4 is 5.32 Å². The Labute approximate surface area is 140 Å². The smallest absolute Gasteiger partial charge is 0.226 e. The first kappa shape index (κ1) is 16.4. The van der Waals surface area contributed by atoms with E-state index in [1.54, 1.807) is 11.3 Å². The Balaban J connectivity index is 1.61. The summed E-state index contributed by atoms with van der Waals surface area (Å²) in [5.74, 6) is -0.0423. The second-order valence-electron chi connectivity index (χ2n) is 6.42. The van der Waals surface area contributed by atoms with Crippen molar-refractivity contribution >= 4 is 22.2 Å². The molecule has 0 bridgehead atoms. The largest absolute Gasteiger partial charge is 0.392 e. The molecule has 2 heterocycles. The minimum Gasteiger partial charge on any atom is -0.392 e. The highest BCUT2D eigenvalue weighted by molar-refractivity contribution is 7.16. The number of anilines is 1. The summed E-state index contributed by atoms with van der Waals surface area (Å²) < 4.78 is 0. The lowest BCUT2D eigenvalue weighted by atomic mass is 10.1. The fourth-order valence-electron chi connectivity index (χ4n) is 3.41. The minimum absolute atomic E-state index is 0.0423. The lowest BCUT2D eigenvalue weighted by Gasteiger charge is -2.14. The predicted molar refractivity (Wildman–Crippen MR) is 90.6 cm³/mol. The van der Waals surface area contributed by atoms with Gasteiger partial charge in [-0.15, -0.1) is 11.3 Å². The van der Waals surface area contributed by atoms with Gasteiger partial charge in [0.2, 0.25) is 5.91 Å². The Morgan fingerprint density at radius 1 is 1.39 bits per heavy atom. The van der Waals surface area contributed by atoms with E-state index < -0.39 is 0 Å². The molecular formula is C17H23N3O2S. The third-order valence-electron chi connectivity index (χ3n) is 4.69. The standard InChI is InChI=1S/C17H23N3O2S/c18-10-14-13-4-2-1-3-5-15(13)23-17(14)19-16(22)7-9-20-8-6-12(21)11-20/h12,21H,1-9,11H2,(H,19,22)/t12-/m0/s1. The number of aliphatic hydroxyl groups excluding tert-OH is 1. The first-order chi connectivity index (χ1) is 11.2. The SMILES string of the molecule is N#Cc1c(NC(=O)CCN2CC[C@H](O)C2)sc2c1CCCCC2. The monoisotopic (exact) mass is 333 g/mol. The second-order valence-corrected chi connectivity index (χ2v) is 7.53. The number of carbonyl (C=O) groups excluding carboxylic acids is 1. The number of nitrogens with one attached hydrogen (secondary N) is 1. The van der Waals surface area contributed by atoms with Gasteiger partial charge in [0.05, 0.1) is 11.7 Å². The summed E-state index contributed by atoms with van der Waals surface area (Å²) in [7, 11) is 0. The van der Waals surface area contributed by atoms with Gasteiger partial charge in [0.25, 0.3) is 0 Å². The first-order valence-corrected chi connectivity index (χ1v) is 9.24. The highest BCUT2D eigenvalue weighted by Gasteiger charge is 2.23. The fraction of sp³-hybridized carbons (Fsp3) is 0.647. The molecule has 0 saturated carbocycles. The van der Waals surface area contributed by atoms with E-state index in [1.165, 1.54) is 17.7 Å². The molecule has 1 amide bonds. The zero-order valence-corrected chi connectivity index (χ0v) is 14.1. The number of aliphatic hydroxyl groups is 1. The molecule has 1 saturated heterocycles. The molecule has 1 aliphatic carbocycles. The normalized spacial score (nSPS) is 21.5. The average molecular weight is 333 g/mol. The molecule has 5 nitrogen and oxygen atoms in total. The lowest BCUT2D eigenvalue weighted by Crippen LogP contribution is -2.26. The van der Waals surface area contributed by atoms with Gasteiger partial charge in [0.15, 0.2) is 0 Å². The van der Waals surface area contributed by atoms with E-state index in [1.807, 2.05) is 0 Å². The third-order valence-corrected chi connectivity index (χ3v) is 5.90. The van der Waals surface area contributed by atoms with Crippen LogP contribution in [0.25, 0.3) is 0 Å². The number of thiophene rings is 1. The van der Waals surface area contributed by atoms with E-state index in [9.17, 15) is 15.2 Å². The molecule has 3 rings (SSSR count). The van der Waals surface area contributed by atoms with Crippen molar-refractivity contribution in [2.24, 2.45) is 0 Å². The number of aryl methyl sites for hydroxylation is 1. The molecule has 0 spiro atoms.